The molecule has 4 rings (SSSR count). The van der Waals surface area contributed by atoms with Gasteiger partial charge < -0.3 is 13.4 Å². The predicted molar refractivity (Wildman–Crippen MR) is 107 cm³/mol. The summed E-state index contributed by atoms with van der Waals surface area (Å²) in [6.07, 6.45) is 1.54. The van der Waals surface area contributed by atoms with Gasteiger partial charge in [0, 0.05) is 22.6 Å². The van der Waals surface area contributed by atoms with Crippen LogP contribution in [-0.2, 0) is 0 Å². The van der Waals surface area contributed by atoms with Crippen LogP contribution in [0, 0.1) is 20.8 Å². The molecule has 0 amide bonds. The molecular formula is C21H19N3O3S. The Kier molecular flexibility index (Phi) is 4.92. The highest BCUT2D eigenvalue weighted by Gasteiger charge is 2.18. The zero-order valence-corrected chi connectivity index (χ0v) is 16.6. The van der Waals surface area contributed by atoms with Crippen LogP contribution in [-0.4, -0.2) is 26.3 Å². The molecule has 0 unspecified atom stereocenters. The van der Waals surface area contributed by atoms with E-state index in [-0.39, 0.29) is 11.5 Å². The molecule has 0 saturated heterocycles. The lowest BCUT2D eigenvalue weighted by Crippen LogP contribution is -2.05. The maximum Gasteiger partial charge on any atom is 0.284 e. The van der Waals surface area contributed by atoms with Crippen molar-refractivity contribution in [3.63, 3.8) is 0 Å². The first-order chi connectivity index (χ1) is 13.5. The highest BCUT2D eigenvalue weighted by atomic mass is 32.2. The van der Waals surface area contributed by atoms with Gasteiger partial charge in [0.2, 0.25) is 0 Å². The number of thioether (sulfide) groups is 1. The Hall–Kier alpha value is -3.06. The highest BCUT2D eigenvalue weighted by molar-refractivity contribution is 7.99. The number of benzene rings is 1. The molecule has 28 heavy (non-hydrogen) atoms. The molecule has 0 bridgehead atoms. The number of furan rings is 1. The molecule has 0 aliphatic carbocycles. The van der Waals surface area contributed by atoms with E-state index in [1.165, 1.54) is 17.3 Å². The van der Waals surface area contributed by atoms with Gasteiger partial charge in [-0.25, -0.2) is 0 Å². The number of rotatable bonds is 6. The van der Waals surface area contributed by atoms with Gasteiger partial charge in [-0.15, -0.1) is 10.2 Å². The number of aromatic nitrogens is 3. The normalized spacial score (nSPS) is 11.1. The fraction of sp³-hybridized carbons (Fsp3) is 0.190. The summed E-state index contributed by atoms with van der Waals surface area (Å²) < 4.78 is 12.9. The molecule has 3 heterocycles. The van der Waals surface area contributed by atoms with E-state index < -0.39 is 0 Å². The van der Waals surface area contributed by atoms with Crippen molar-refractivity contribution in [1.82, 2.24) is 14.8 Å². The van der Waals surface area contributed by atoms with Gasteiger partial charge in [-0.1, -0.05) is 29.5 Å². The number of nitrogens with zero attached hydrogens (tertiary/aromatic N) is 3. The van der Waals surface area contributed by atoms with Crippen molar-refractivity contribution in [1.29, 1.82) is 0 Å². The number of carbonyl (C=O) groups excluding carboxylic acids is 1. The smallest absolute Gasteiger partial charge is 0.284 e. The molecule has 0 N–H and O–H groups in total. The molecular weight excluding hydrogens is 374 g/mol. The summed E-state index contributed by atoms with van der Waals surface area (Å²) in [5.41, 5.74) is 4.90. The van der Waals surface area contributed by atoms with Gasteiger partial charge in [0.05, 0.1) is 12.0 Å². The van der Waals surface area contributed by atoms with Crippen LogP contribution >= 0.6 is 11.8 Å². The molecule has 0 fully saturated rings. The average molecular weight is 393 g/mol. The number of carbonyl (C=O) groups is 1. The van der Waals surface area contributed by atoms with Crippen molar-refractivity contribution in [2.45, 2.75) is 26.0 Å². The second-order valence-electron chi connectivity index (χ2n) is 6.52. The first-order valence-electron chi connectivity index (χ1n) is 8.82. The molecule has 142 valence electrons. The van der Waals surface area contributed by atoms with Gasteiger partial charge >= 0.3 is 0 Å². The highest BCUT2D eigenvalue weighted by Crippen LogP contribution is 2.26. The Morgan fingerprint density at radius 2 is 1.89 bits per heavy atom. The van der Waals surface area contributed by atoms with Gasteiger partial charge in [-0.2, -0.15) is 0 Å². The van der Waals surface area contributed by atoms with Crippen LogP contribution in [0.1, 0.15) is 27.3 Å². The zero-order valence-electron chi connectivity index (χ0n) is 15.8. The number of aryl methyl sites for hydroxylation is 2. The van der Waals surface area contributed by atoms with Crippen molar-refractivity contribution >= 4 is 17.5 Å². The second-order valence-corrected chi connectivity index (χ2v) is 7.44. The monoisotopic (exact) mass is 393 g/mol. The lowest BCUT2D eigenvalue weighted by molar-refractivity contribution is 0.102. The average Bonchev–Trinajstić information content (AvgIpc) is 3.41. The fourth-order valence-corrected chi connectivity index (χ4v) is 3.76. The Balaban J connectivity index is 1.50. The maximum absolute atomic E-state index is 12.8. The van der Waals surface area contributed by atoms with Crippen LogP contribution in [0.3, 0.4) is 0 Å². The van der Waals surface area contributed by atoms with E-state index in [1.54, 1.807) is 18.4 Å². The summed E-state index contributed by atoms with van der Waals surface area (Å²) >= 11 is 1.22. The zero-order chi connectivity index (χ0) is 19.7. The minimum absolute atomic E-state index is 0.0224. The molecule has 0 aliphatic heterocycles. The fourth-order valence-electron chi connectivity index (χ4n) is 3.11. The van der Waals surface area contributed by atoms with Gasteiger partial charge in [0.15, 0.2) is 11.5 Å². The number of Topliss-reactive ketones (excluding diaryl/α,β-unsaturated/α-hetero) is 1. The van der Waals surface area contributed by atoms with Gasteiger partial charge in [0.1, 0.15) is 0 Å². The summed E-state index contributed by atoms with van der Waals surface area (Å²) in [6.45, 7) is 6.02. The topological polar surface area (TPSA) is 74.1 Å². The van der Waals surface area contributed by atoms with Gasteiger partial charge in [0.25, 0.3) is 11.1 Å². The third-order valence-corrected chi connectivity index (χ3v) is 5.31. The molecule has 0 radical (unpaired) electrons. The minimum atomic E-state index is 0.0224. The minimum Gasteiger partial charge on any atom is -0.459 e. The first kappa shape index (κ1) is 18.3. The molecule has 6 nitrogen and oxygen atoms in total. The maximum atomic E-state index is 12.8. The van der Waals surface area contributed by atoms with E-state index in [9.17, 15) is 4.79 Å². The van der Waals surface area contributed by atoms with Crippen LogP contribution in [0.2, 0.25) is 0 Å². The van der Waals surface area contributed by atoms with Gasteiger partial charge in [-0.3, -0.25) is 4.79 Å². The second kappa shape index (κ2) is 7.52. The molecule has 0 spiro atoms. The van der Waals surface area contributed by atoms with E-state index in [0.29, 0.717) is 22.4 Å². The molecule has 1 aromatic carbocycles. The predicted octanol–water partition coefficient (Wildman–Crippen LogP) is 5.02. The van der Waals surface area contributed by atoms with E-state index >= 15 is 0 Å². The summed E-state index contributed by atoms with van der Waals surface area (Å²) in [5, 5.41) is 8.25. The Bertz CT molecular complexity index is 1110. The Morgan fingerprint density at radius 1 is 1.11 bits per heavy atom. The summed E-state index contributed by atoms with van der Waals surface area (Å²) in [6, 6.07) is 13.7. The summed E-state index contributed by atoms with van der Waals surface area (Å²) in [7, 11) is 0. The van der Waals surface area contributed by atoms with Gasteiger partial charge in [-0.05, 0) is 51.1 Å². The summed E-state index contributed by atoms with van der Waals surface area (Å²) in [4.78, 5) is 12.8. The van der Waals surface area contributed by atoms with Crippen LogP contribution in [0.15, 0.2) is 62.8 Å². The number of hydrogen-bond donors (Lipinski definition) is 0. The lowest BCUT2D eigenvalue weighted by Gasteiger charge is -2.10. The van der Waals surface area contributed by atoms with Crippen LogP contribution in [0.4, 0.5) is 0 Å². The van der Waals surface area contributed by atoms with Crippen molar-refractivity contribution in [2.75, 3.05) is 5.75 Å². The molecule has 4 aromatic rings. The van der Waals surface area contributed by atoms with Crippen molar-refractivity contribution in [3.05, 3.63) is 71.2 Å². The van der Waals surface area contributed by atoms with Crippen LogP contribution < -0.4 is 0 Å². The first-order valence-corrected chi connectivity index (χ1v) is 9.81. The van der Waals surface area contributed by atoms with Crippen LogP contribution in [0.25, 0.3) is 17.3 Å². The quantitative estimate of drug-likeness (QED) is 0.338. The largest absolute Gasteiger partial charge is 0.459 e. The number of hydrogen-bond acceptors (Lipinski definition) is 6. The Labute approximate surface area is 166 Å². The van der Waals surface area contributed by atoms with E-state index in [0.717, 1.165) is 17.1 Å². The lowest BCUT2D eigenvalue weighted by atomic mass is 10.2. The number of ketones is 1. The van der Waals surface area contributed by atoms with E-state index in [1.807, 2.05) is 19.9 Å². The van der Waals surface area contributed by atoms with Crippen molar-refractivity contribution in [2.24, 2.45) is 0 Å². The van der Waals surface area contributed by atoms with E-state index in [2.05, 4.69) is 46.0 Å². The molecule has 0 aliphatic rings. The van der Waals surface area contributed by atoms with Crippen molar-refractivity contribution in [3.8, 4) is 17.3 Å². The standard InChI is InChI=1S/C21H19N3O3S/c1-13-6-8-16(9-7-13)24-14(2)11-17(15(24)3)18(25)12-28-21-23-22-20(27-21)19-5-4-10-26-19/h4-11H,12H2,1-3H3. The molecule has 3 aromatic heterocycles. The SMILES string of the molecule is Cc1ccc(-n2c(C)cc(C(=O)CSc3nnc(-c4ccco4)o3)c2C)cc1. The van der Waals surface area contributed by atoms with E-state index in [4.69, 9.17) is 8.83 Å². The van der Waals surface area contributed by atoms with Crippen LogP contribution in [0.5, 0.6) is 0 Å². The third kappa shape index (κ3) is 3.53. The van der Waals surface area contributed by atoms with Crippen molar-refractivity contribution < 1.29 is 13.6 Å². The molecule has 7 heteroatoms. The Morgan fingerprint density at radius 3 is 2.61 bits per heavy atom. The molecule has 0 saturated carbocycles. The third-order valence-electron chi connectivity index (χ3n) is 4.49. The molecule has 0 atom stereocenters. The summed E-state index contributed by atoms with van der Waals surface area (Å²) in [5.74, 6) is 1.05.